The molecular weight excluding hydrogens is 370 g/mol. The lowest BCUT2D eigenvalue weighted by molar-refractivity contribution is -0.928. The Morgan fingerprint density at radius 1 is 1.29 bits per heavy atom. The molecule has 28 heavy (non-hydrogen) atoms. The molecule has 1 aromatic carbocycles. The van der Waals surface area contributed by atoms with Crippen molar-refractivity contribution in [3.63, 3.8) is 0 Å². The summed E-state index contributed by atoms with van der Waals surface area (Å²) in [6.45, 7) is 5.08. The minimum absolute atomic E-state index is 0.0339. The first kappa shape index (κ1) is 17.9. The molecule has 1 unspecified atom stereocenters. The lowest BCUT2D eigenvalue weighted by atomic mass is 9.94. The largest absolute Gasteiger partial charge is 0.322 e. The number of thiophene rings is 1. The highest BCUT2D eigenvalue weighted by Gasteiger charge is 2.47. The van der Waals surface area contributed by atoms with E-state index >= 15 is 0 Å². The van der Waals surface area contributed by atoms with Crippen molar-refractivity contribution in [3.05, 3.63) is 46.2 Å². The van der Waals surface area contributed by atoms with Crippen molar-refractivity contribution in [1.29, 1.82) is 0 Å². The van der Waals surface area contributed by atoms with E-state index in [-0.39, 0.29) is 11.8 Å². The summed E-state index contributed by atoms with van der Waals surface area (Å²) in [4.78, 5) is 30.8. The first-order valence-corrected chi connectivity index (χ1v) is 11.0. The van der Waals surface area contributed by atoms with E-state index < -0.39 is 5.54 Å². The fraction of sp³-hybridized carbons (Fsp3) is 0.455. The normalized spacial score (nSPS) is 25.6. The number of nitrogens with zero attached hydrogens (tertiary/aromatic N) is 1. The maximum absolute atomic E-state index is 13.6. The number of anilines is 2. The Hall–Kier alpha value is -2.18. The number of fused-ring (bicyclic) bond motifs is 2. The molecular formula is C22H26N3O2S+. The maximum Gasteiger partial charge on any atom is 0.283 e. The second-order valence-corrected chi connectivity index (χ2v) is 9.71. The van der Waals surface area contributed by atoms with Crippen LogP contribution in [0.5, 0.6) is 0 Å². The molecule has 0 saturated heterocycles. The minimum Gasteiger partial charge on any atom is -0.322 e. The number of nitrogens with one attached hydrogen (secondary N) is 2. The molecule has 2 aliphatic heterocycles. The lowest BCUT2D eigenvalue weighted by Crippen LogP contribution is -3.14. The molecule has 2 aromatic rings. The van der Waals surface area contributed by atoms with Crippen LogP contribution in [-0.2, 0) is 16.0 Å². The number of carbonyl (C=O) groups excluding carboxylic acids is 2. The van der Waals surface area contributed by atoms with Crippen LogP contribution in [0.25, 0.3) is 0 Å². The van der Waals surface area contributed by atoms with Crippen LogP contribution >= 0.6 is 11.3 Å². The summed E-state index contributed by atoms with van der Waals surface area (Å²) < 4.78 is 0. The van der Waals surface area contributed by atoms with Crippen molar-refractivity contribution in [2.45, 2.75) is 44.7 Å². The SMILES string of the molecule is CC1(C)C(=O)Nc2ccccc2N1C(=O)C[NH+]1CCc2sccc2[C@H]1C1CC1. The highest BCUT2D eigenvalue weighted by atomic mass is 32.1. The van der Waals surface area contributed by atoms with Crippen molar-refractivity contribution >= 4 is 34.5 Å². The molecule has 2 N–H and O–H groups in total. The summed E-state index contributed by atoms with van der Waals surface area (Å²) in [6, 6.07) is 10.3. The number of rotatable bonds is 3. The number of benzene rings is 1. The molecule has 1 aromatic heterocycles. The van der Waals surface area contributed by atoms with Crippen LogP contribution in [0.15, 0.2) is 35.7 Å². The van der Waals surface area contributed by atoms with Crippen LogP contribution < -0.4 is 15.1 Å². The van der Waals surface area contributed by atoms with E-state index in [9.17, 15) is 9.59 Å². The molecule has 0 radical (unpaired) electrons. The molecule has 1 aliphatic carbocycles. The van der Waals surface area contributed by atoms with Gasteiger partial charge in [0.25, 0.3) is 5.91 Å². The third-order valence-electron chi connectivity index (χ3n) is 6.46. The number of para-hydroxylation sites is 2. The van der Waals surface area contributed by atoms with Gasteiger partial charge in [0.1, 0.15) is 11.6 Å². The van der Waals surface area contributed by atoms with Gasteiger partial charge in [-0.1, -0.05) is 12.1 Å². The Bertz CT molecular complexity index is 947. The Balaban J connectivity index is 1.46. The van der Waals surface area contributed by atoms with Crippen molar-refractivity contribution in [2.24, 2.45) is 5.92 Å². The Morgan fingerprint density at radius 3 is 2.86 bits per heavy atom. The number of carbonyl (C=O) groups is 2. The van der Waals surface area contributed by atoms with Crippen LogP contribution in [0.2, 0.25) is 0 Å². The fourth-order valence-corrected chi connectivity index (χ4v) is 5.80. The minimum atomic E-state index is -0.900. The monoisotopic (exact) mass is 396 g/mol. The zero-order valence-corrected chi connectivity index (χ0v) is 17.1. The molecule has 3 aliphatic rings. The fourth-order valence-electron chi connectivity index (χ4n) is 4.87. The van der Waals surface area contributed by atoms with Gasteiger partial charge in [-0.2, -0.15) is 0 Å². The van der Waals surface area contributed by atoms with Crippen LogP contribution in [0.4, 0.5) is 11.4 Å². The van der Waals surface area contributed by atoms with Gasteiger partial charge in [-0.3, -0.25) is 14.5 Å². The highest BCUT2D eigenvalue weighted by Crippen LogP contribution is 2.42. The Labute approximate surface area is 169 Å². The summed E-state index contributed by atoms with van der Waals surface area (Å²) in [6.07, 6.45) is 3.56. The van der Waals surface area contributed by atoms with E-state index in [1.54, 1.807) is 4.90 Å². The molecule has 0 spiro atoms. The van der Waals surface area contributed by atoms with Crippen LogP contribution in [0, 0.1) is 5.92 Å². The predicted molar refractivity (Wildman–Crippen MR) is 111 cm³/mol. The molecule has 5 rings (SSSR count). The van der Waals surface area contributed by atoms with E-state index in [0.717, 1.165) is 18.7 Å². The summed E-state index contributed by atoms with van der Waals surface area (Å²) in [5.41, 5.74) is 2.07. The molecule has 1 fully saturated rings. The number of hydrogen-bond acceptors (Lipinski definition) is 3. The predicted octanol–water partition coefficient (Wildman–Crippen LogP) is 2.40. The average Bonchev–Trinajstić information content (AvgIpc) is 3.38. The topological polar surface area (TPSA) is 53.9 Å². The van der Waals surface area contributed by atoms with Gasteiger partial charge in [0.15, 0.2) is 6.54 Å². The zero-order chi connectivity index (χ0) is 19.5. The molecule has 1 saturated carbocycles. The zero-order valence-electron chi connectivity index (χ0n) is 16.3. The van der Waals surface area contributed by atoms with Gasteiger partial charge < -0.3 is 10.2 Å². The molecule has 146 valence electrons. The molecule has 3 heterocycles. The van der Waals surface area contributed by atoms with E-state index in [0.29, 0.717) is 24.2 Å². The summed E-state index contributed by atoms with van der Waals surface area (Å²) in [5.74, 6) is 0.597. The van der Waals surface area contributed by atoms with E-state index in [4.69, 9.17) is 0 Å². The summed E-state index contributed by atoms with van der Waals surface area (Å²) >= 11 is 1.85. The number of quaternary nitrogens is 1. The van der Waals surface area contributed by atoms with Crippen molar-refractivity contribution < 1.29 is 14.5 Å². The van der Waals surface area contributed by atoms with Crippen molar-refractivity contribution in [2.75, 3.05) is 23.3 Å². The molecule has 6 heteroatoms. The third-order valence-corrected chi connectivity index (χ3v) is 7.45. The Morgan fingerprint density at radius 2 is 2.07 bits per heavy atom. The molecule has 0 bridgehead atoms. The average molecular weight is 397 g/mol. The Kier molecular flexibility index (Phi) is 4.10. The standard InChI is InChI=1S/C22H25N3O2S/c1-22(2)21(27)23-16-5-3-4-6-17(16)25(22)19(26)13-24-11-9-18-15(10-12-28-18)20(24)14-7-8-14/h3-6,10,12,14,20H,7-9,11,13H2,1-2H3,(H,23,27)/p+1/t20-/m1/s1. The molecule has 2 atom stereocenters. The van der Waals surface area contributed by atoms with E-state index in [1.165, 1.54) is 28.2 Å². The quantitative estimate of drug-likeness (QED) is 0.837. The third kappa shape index (κ3) is 2.78. The number of amides is 2. The van der Waals surface area contributed by atoms with Crippen LogP contribution in [0.1, 0.15) is 43.2 Å². The van der Waals surface area contributed by atoms with Gasteiger partial charge >= 0.3 is 0 Å². The number of hydrogen-bond donors (Lipinski definition) is 2. The molecule has 2 amide bonds. The van der Waals surface area contributed by atoms with Crippen molar-refractivity contribution in [3.8, 4) is 0 Å². The van der Waals surface area contributed by atoms with Crippen molar-refractivity contribution in [1.82, 2.24) is 0 Å². The second-order valence-electron chi connectivity index (χ2n) is 8.71. The van der Waals surface area contributed by atoms with Gasteiger partial charge in [-0.25, -0.2) is 0 Å². The van der Waals surface area contributed by atoms with Gasteiger partial charge in [0.05, 0.1) is 17.9 Å². The van der Waals surface area contributed by atoms with Crippen LogP contribution in [-0.4, -0.2) is 30.4 Å². The lowest BCUT2D eigenvalue weighted by Gasteiger charge is -2.43. The smallest absolute Gasteiger partial charge is 0.283 e. The highest BCUT2D eigenvalue weighted by molar-refractivity contribution is 7.10. The summed E-state index contributed by atoms with van der Waals surface area (Å²) in [7, 11) is 0. The second kappa shape index (κ2) is 6.42. The van der Waals surface area contributed by atoms with E-state index in [1.807, 2.05) is 49.4 Å². The first-order chi connectivity index (χ1) is 13.5. The van der Waals surface area contributed by atoms with Gasteiger partial charge in [-0.05, 0) is 50.3 Å². The molecule has 5 nitrogen and oxygen atoms in total. The maximum atomic E-state index is 13.6. The van der Waals surface area contributed by atoms with Gasteiger partial charge in [0, 0.05) is 22.8 Å². The van der Waals surface area contributed by atoms with E-state index in [2.05, 4.69) is 16.8 Å². The summed E-state index contributed by atoms with van der Waals surface area (Å²) in [5, 5.41) is 5.14. The van der Waals surface area contributed by atoms with Gasteiger partial charge in [0.2, 0.25) is 5.91 Å². The van der Waals surface area contributed by atoms with Crippen LogP contribution in [0.3, 0.4) is 0 Å². The first-order valence-electron chi connectivity index (χ1n) is 10.1. The van der Waals surface area contributed by atoms with Gasteiger partial charge in [-0.15, -0.1) is 11.3 Å².